The number of aromatic hydroxyl groups is 1. The van der Waals surface area contributed by atoms with E-state index in [0.29, 0.717) is 35.8 Å². The third-order valence-electron chi connectivity index (χ3n) is 8.83. The van der Waals surface area contributed by atoms with Crippen molar-refractivity contribution in [2.24, 2.45) is 0 Å². The van der Waals surface area contributed by atoms with Crippen LogP contribution in [0.2, 0.25) is 0 Å². The third kappa shape index (κ3) is 5.20. The van der Waals surface area contributed by atoms with E-state index in [9.17, 15) is 5.11 Å². The highest BCUT2D eigenvalue weighted by atomic mass is 16.3. The molecule has 230 valence electrons. The van der Waals surface area contributed by atoms with Crippen LogP contribution in [0.4, 0.5) is 22.7 Å². The number of phenolic OH excluding ortho intramolecular Hbond substituents is 1. The number of hydrogen-bond donors (Lipinski definition) is 1. The number of rotatable bonds is 7. The fourth-order valence-electron chi connectivity index (χ4n) is 6.49. The lowest BCUT2D eigenvalue weighted by Crippen LogP contribution is -2.26. The molecule has 5 aromatic carbocycles. The van der Waals surface area contributed by atoms with Crippen molar-refractivity contribution in [3.8, 4) is 34.0 Å². The number of aromatic nitrogens is 3. The third-order valence-corrected chi connectivity index (χ3v) is 8.83. The molecule has 1 aromatic heterocycles. The van der Waals surface area contributed by atoms with Gasteiger partial charge in [0.05, 0.1) is 11.4 Å². The summed E-state index contributed by atoms with van der Waals surface area (Å²) in [6.45, 7) is 11.8. The highest BCUT2D eigenvalue weighted by Crippen LogP contribution is 2.49. The van der Waals surface area contributed by atoms with Gasteiger partial charge < -0.3 is 14.9 Å². The smallest absolute Gasteiger partial charge is 0.181 e. The summed E-state index contributed by atoms with van der Waals surface area (Å²) in [4.78, 5) is 9.66. The van der Waals surface area contributed by atoms with Gasteiger partial charge in [-0.05, 0) is 89.5 Å². The first-order valence-corrected chi connectivity index (χ1v) is 16.0. The van der Waals surface area contributed by atoms with Crippen LogP contribution in [0.25, 0.3) is 28.2 Å². The Kier molecular flexibility index (Phi) is 7.57. The number of anilines is 4. The molecule has 0 spiro atoms. The van der Waals surface area contributed by atoms with Crippen LogP contribution in [0.15, 0.2) is 115 Å². The zero-order valence-corrected chi connectivity index (χ0v) is 27.0. The van der Waals surface area contributed by atoms with E-state index in [0.717, 1.165) is 11.3 Å². The highest BCUT2D eigenvalue weighted by molar-refractivity contribution is 5.90. The van der Waals surface area contributed by atoms with Gasteiger partial charge in [0.15, 0.2) is 5.82 Å². The van der Waals surface area contributed by atoms with E-state index in [1.807, 2.05) is 25.1 Å². The molecule has 1 N–H and O–H groups in total. The number of nitrogens with zero attached hydrogens (tertiary/aromatic N) is 5. The fraction of sp³-hybridized carbons (Fsp3) is 0.200. The van der Waals surface area contributed by atoms with Crippen LogP contribution < -0.4 is 9.80 Å². The van der Waals surface area contributed by atoms with Gasteiger partial charge in [-0.3, -0.25) is 0 Å². The molecular formula is C40H39N5O. The van der Waals surface area contributed by atoms with E-state index in [4.69, 9.17) is 10.1 Å². The van der Waals surface area contributed by atoms with Crippen molar-refractivity contribution in [3.63, 3.8) is 0 Å². The van der Waals surface area contributed by atoms with Crippen molar-refractivity contribution >= 4 is 22.7 Å². The Balaban J connectivity index is 1.31. The minimum absolute atomic E-state index is 0.169. The molecule has 6 nitrogen and oxygen atoms in total. The molecule has 2 heterocycles. The van der Waals surface area contributed by atoms with Gasteiger partial charge in [-0.15, -0.1) is 5.10 Å². The van der Waals surface area contributed by atoms with Gasteiger partial charge in [-0.2, -0.15) is 0 Å². The predicted octanol–water partition coefficient (Wildman–Crippen LogP) is 10.1. The van der Waals surface area contributed by atoms with E-state index < -0.39 is 0 Å². The molecule has 1 aliphatic rings. The van der Waals surface area contributed by atoms with E-state index in [1.165, 1.54) is 39.3 Å². The lowest BCUT2D eigenvalue weighted by Gasteiger charge is -2.30. The Bertz CT molecular complexity index is 2000. The standard InChI is InChI=1S/C40H39N5O/c1-26(2)33-23-31(29-14-7-6-8-15-29)24-34(27(3)4)39(33)44-25-43(35-18-9-10-19-36(35)44)32-17-13-16-30(22-32)40-41-28(5)45(42-40)37-20-11-12-21-38(37)46/h6-24,26-27,46H,25H2,1-5H3. The largest absolute Gasteiger partial charge is 0.506 e. The minimum atomic E-state index is 0.169. The summed E-state index contributed by atoms with van der Waals surface area (Å²) in [5.74, 6) is 2.18. The second-order valence-corrected chi connectivity index (χ2v) is 12.6. The van der Waals surface area contributed by atoms with Crippen LogP contribution in [-0.4, -0.2) is 26.5 Å². The Morgan fingerprint density at radius 2 is 1.20 bits per heavy atom. The lowest BCUT2D eigenvalue weighted by molar-refractivity contribution is 0.470. The molecule has 0 unspecified atom stereocenters. The molecule has 0 fully saturated rings. The lowest BCUT2D eigenvalue weighted by atomic mass is 9.87. The molecule has 0 atom stereocenters. The van der Waals surface area contributed by atoms with E-state index in [2.05, 4.69) is 122 Å². The molecule has 6 aromatic rings. The maximum absolute atomic E-state index is 10.4. The second kappa shape index (κ2) is 11.9. The summed E-state index contributed by atoms with van der Waals surface area (Å²) >= 11 is 0. The van der Waals surface area contributed by atoms with Crippen LogP contribution in [0, 0.1) is 6.92 Å². The molecule has 46 heavy (non-hydrogen) atoms. The number of phenols is 1. The minimum Gasteiger partial charge on any atom is -0.506 e. The average molecular weight is 606 g/mol. The Labute approximate surface area is 271 Å². The van der Waals surface area contributed by atoms with Crippen LogP contribution in [0.3, 0.4) is 0 Å². The second-order valence-electron chi connectivity index (χ2n) is 12.6. The van der Waals surface area contributed by atoms with E-state index >= 15 is 0 Å². The maximum atomic E-state index is 10.4. The molecule has 0 saturated carbocycles. The first-order valence-electron chi connectivity index (χ1n) is 16.0. The van der Waals surface area contributed by atoms with Crippen molar-refractivity contribution in [1.29, 1.82) is 0 Å². The monoisotopic (exact) mass is 605 g/mol. The zero-order chi connectivity index (χ0) is 31.9. The van der Waals surface area contributed by atoms with E-state index in [1.54, 1.807) is 16.8 Å². The van der Waals surface area contributed by atoms with Crippen LogP contribution >= 0.6 is 0 Å². The normalized spacial score (nSPS) is 12.8. The van der Waals surface area contributed by atoms with Crippen LogP contribution in [0.1, 0.15) is 56.5 Å². The van der Waals surface area contributed by atoms with Gasteiger partial charge in [0.1, 0.15) is 23.9 Å². The highest BCUT2D eigenvalue weighted by Gasteiger charge is 2.32. The Hall–Kier alpha value is -5.36. The SMILES string of the molecule is Cc1nc(-c2cccc(N3CN(c4c(C(C)C)cc(-c5ccccc5)cc4C(C)C)c4ccccc43)c2)nn1-c1ccccc1O. The van der Waals surface area contributed by atoms with Crippen molar-refractivity contribution in [2.75, 3.05) is 16.5 Å². The van der Waals surface area contributed by atoms with E-state index in [-0.39, 0.29) is 5.75 Å². The summed E-state index contributed by atoms with van der Waals surface area (Å²) in [6.07, 6.45) is 0. The van der Waals surface area contributed by atoms with Gasteiger partial charge >= 0.3 is 0 Å². The summed E-state index contributed by atoms with van der Waals surface area (Å²) in [6, 6.07) is 39.8. The summed E-state index contributed by atoms with van der Waals surface area (Å²) < 4.78 is 1.70. The van der Waals surface area contributed by atoms with Crippen molar-refractivity contribution in [3.05, 3.63) is 132 Å². The number of benzene rings is 5. The summed E-state index contributed by atoms with van der Waals surface area (Å²) in [5, 5.41) is 15.2. The van der Waals surface area contributed by atoms with Crippen LogP contribution in [-0.2, 0) is 0 Å². The van der Waals surface area contributed by atoms with Gasteiger partial charge in [0, 0.05) is 16.9 Å². The molecule has 7 rings (SSSR count). The molecule has 0 aliphatic carbocycles. The molecule has 6 heteroatoms. The zero-order valence-electron chi connectivity index (χ0n) is 27.0. The van der Waals surface area contributed by atoms with Gasteiger partial charge in [-0.25, -0.2) is 9.67 Å². The quantitative estimate of drug-likeness (QED) is 0.196. The molecule has 0 saturated heterocycles. The first kappa shape index (κ1) is 29.4. The number of para-hydroxylation sites is 4. The maximum Gasteiger partial charge on any atom is 0.181 e. The molecule has 0 bridgehead atoms. The molecule has 1 aliphatic heterocycles. The molecule has 0 radical (unpaired) electrons. The van der Waals surface area contributed by atoms with Crippen molar-refractivity contribution in [1.82, 2.24) is 14.8 Å². The first-order chi connectivity index (χ1) is 22.3. The van der Waals surface area contributed by atoms with Crippen molar-refractivity contribution < 1.29 is 5.11 Å². The molecule has 0 amide bonds. The Morgan fingerprint density at radius 3 is 1.85 bits per heavy atom. The van der Waals surface area contributed by atoms with Crippen LogP contribution in [0.5, 0.6) is 5.75 Å². The van der Waals surface area contributed by atoms with Gasteiger partial charge in [-0.1, -0.05) is 94.4 Å². The Morgan fingerprint density at radius 1 is 0.609 bits per heavy atom. The number of aryl methyl sites for hydroxylation is 1. The summed E-state index contributed by atoms with van der Waals surface area (Å²) in [7, 11) is 0. The summed E-state index contributed by atoms with van der Waals surface area (Å²) in [5.41, 5.74) is 11.5. The average Bonchev–Trinajstić information content (AvgIpc) is 3.65. The van der Waals surface area contributed by atoms with Crippen molar-refractivity contribution in [2.45, 2.75) is 46.5 Å². The fourth-order valence-corrected chi connectivity index (χ4v) is 6.49. The molecular weight excluding hydrogens is 566 g/mol. The van der Waals surface area contributed by atoms with Gasteiger partial charge in [0.25, 0.3) is 0 Å². The topological polar surface area (TPSA) is 57.4 Å². The number of fused-ring (bicyclic) bond motifs is 1. The number of hydrogen-bond acceptors (Lipinski definition) is 5. The predicted molar refractivity (Wildman–Crippen MR) is 189 cm³/mol. The van der Waals surface area contributed by atoms with Gasteiger partial charge in [0.2, 0.25) is 0 Å².